The zero-order chi connectivity index (χ0) is 19.2. The number of benzene rings is 2. The molecule has 28 heavy (non-hydrogen) atoms. The number of ether oxygens (including phenoxy) is 3. The van der Waals surface area contributed by atoms with Crippen molar-refractivity contribution in [3.05, 3.63) is 53.6 Å². The molecule has 0 radical (unpaired) electrons. The Morgan fingerprint density at radius 1 is 1.11 bits per heavy atom. The predicted octanol–water partition coefficient (Wildman–Crippen LogP) is 3.31. The SMILES string of the molecule is CCOc1ccc(C(=O)N2CCNCC2c2ccccc2OC)cc1OC.Cl. The van der Waals surface area contributed by atoms with Crippen LogP contribution in [0.15, 0.2) is 42.5 Å². The molecular weight excluding hydrogens is 380 g/mol. The summed E-state index contributed by atoms with van der Waals surface area (Å²) in [6.07, 6.45) is 0. The number of rotatable bonds is 6. The van der Waals surface area contributed by atoms with E-state index in [1.807, 2.05) is 36.1 Å². The first kappa shape index (κ1) is 21.9. The number of hydrogen-bond donors (Lipinski definition) is 1. The highest BCUT2D eigenvalue weighted by molar-refractivity contribution is 5.95. The summed E-state index contributed by atoms with van der Waals surface area (Å²) < 4.78 is 16.5. The Bertz CT molecular complexity index is 800. The van der Waals surface area contributed by atoms with Gasteiger partial charge >= 0.3 is 0 Å². The van der Waals surface area contributed by atoms with Crippen LogP contribution in [0.4, 0.5) is 0 Å². The number of methoxy groups -OCH3 is 2. The number of amides is 1. The third-order valence-electron chi connectivity index (χ3n) is 4.71. The highest BCUT2D eigenvalue weighted by Gasteiger charge is 2.30. The van der Waals surface area contributed by atoms with Gasteiger partial charge < -0.3 is 24.4 Å². The lowest BCUT2D eigenvalue weighted by Gasteiger charge is -2.37. The molecule has 2 aromatic carbocycles. The van der Waals surface area contributed by atoms with Gasteiger partial charge in [-0.25, -0.2) is 0 Å². The Labute approximate surface area is 172 Å². The van der Waals surface area contributed by atoms with Gasteiger partial charge in [-0.15, -0.1) is 12.4 Å². The van der Waals surface area contributed by atoms with E-state index in [4.69, 9.17) is 14.2 Å². The van der Waals surface area contributed by atoms with Crippen molar-refractivity contribution < 1.29 is 19.0 Å². The Balaban J connectivity index is 0.00000280. The van der Waals surface area contributed by atoms with Crippen LogP contribution in [0.3, 0.4) is 0 Å². The number of nitrogens with one attached hydrogen (secondary N) is 1. The lowest BCUT2D eigenvalue weighted by molar-refractivity contribution is 0.0631. The second-order valence-electron chi connectivity index (χ2n) is 6.26. The van der Waals surface area contributed by atoms with E-state index in [0.717, 1.165) is 17.9 Å². The van der Waals surface area contributed by atoms with Crippen molar-refractivity contribution >= 4 is 18.3 Å². The molecule has 6 nitrogen and oxygen atoms in total. The van der Waals surface area contributed by atoms with E-state index in [-0.39, 0.29) is 24.4 Å². The first-order chi connectivity index (χ1) is 13.2. The Morgan fingerprint density at radius 3 is 2.57 bits per heavy atom. The lowest BCUT2D eigenvalue weighted by atomic mass is 10.0. The topological polar surface area (TPSA) is 60.0 Å². The highest BCUT2D eigenvalue weighted by Crippen LogP contribution is 2.33. The van der Waals surface area contributed by atoms with Gasteiger partial charge in [-0.3, -0.25) is 4.79 Å². The quantitative estimate of drug-likeness (QED) is 0.797. The van der Waals surface area contributed by atoms with E-state index in [0.29, 0.717) is 36.8 Å². The van der Waals surface area contributed by atoms with Crippen LogP contribution in [0.1, 0.15) is 28.9 Å². The van der Waals surface area contributed by atoms with Crippen LogP contribution in [0.25, 0.3) is 0 Å². The Morgan fingerprint density at radius 2 is 1.86 bits per heavy atom. The molecule has 1 aliphatic rings. The van der Waals surface area contributed by atoms with Gasteiger partial charge in [-0.05, 0) is 31.2 Å². The third kappa shape index (κ3) is 4.51. The minimum absolute atomic E-state index is 0. The van der Waals surface area contributed by atoms with Crippen molar-refractivity contribution in [3.63, 3.8) is 0 Å². The number of carbonyl (C=O) groups excluding carboxylic acids is 1. The standard InChI is InChI=1S/C21H26N2O4.ClH/c1-4-27-19-10-9-15(13-20(19)26-3)21(24)23-12-11-22-14-17(23)16-7-5-6-8-18(16)25-2;/h5-10,13,17,22H,4,11-12,14H2,1-3H3;1H. The maximum atomic E-state index is 13.3. The normalized spacial score (nSPS) is 16.1. The summed E-state index contributed by atoms with van der Waals surface area (Å²) in [7, 11) is 3.23. The van der Waals surface area contributed by atoms with Crippen LogP contribution in [0.2, 0.25) is 0 Å². The summed E-state index contributed by atoms with van der Waals surface area (Å²) in [4.78, 5) is 15.2. The van der Waals surface area contributed by atoms with Gasteiger partial charge in [-0.1, -0.05) is 18.2 Å². The number of piperazine rings is 1. The molecule has 0 aliphatic carbocycles. The van der Waals surface area contributed by atoms with Gasteiger partial charge in [0, 0.05) is 30.8 Å². The molecule has 1 amide bonds. The molecule has 1 atom stereocenters. The van der Waals surface area contributed by atoms with Crippen LogP contribution in [0, 0.1) is 0 Å². The van der Waals surface area contributed by atoms with E-state index in [1.165, 1.54) is 0 Å². The summed E-state index contributed by atoms with van der Waals surface area (Å²) in [5.74, 6) is 1.95. The summed E-state index contributed by atoms with van der Waals surface area (Å²) >= 11 is 0. The lowest BCUT2D eigenvalue weighted by Crippen LogP contribution is -2.48. The first-order valence-electron chi connectivity index (χ1n) is 9.15. The molecule has 1 unspecified atom stereocenters. The largest absolute Gasteiger partial charge is 0.496 e. The molecule has 3 rings (SSSR count). The molecule has 1 saturated heterocycles. The van der Waals surface area contributed by atoms with E-state index >= 15 is 0 Å². The molecule has 1 fully saturated rings. The molecule has 0 aromatic heterocycles. The second-order valence-corrected chi connectivity index (χ2v) is 6.26. The Hall–Kier alpha value is -2.44. The van der Waals surface area contributed by atoms with Gasteiger partial charge in [0.15, 0.2) is 11.5 Å². The minimum atomic E-state index is -0.0973. The summed E-state index contributed by atoms with van der Waals surface area (Å²) in [5, 5.41) is 3.38. The van der Waals surface area contributed by atoms with E-state index in [2.05, 4.69) is 5.32 Å². The molecule has 0 bridgehead atoms. The fraction of sp³-hybridized carbons (Fsp3) is 0.381. The van der Waals surface area contributed by atoms with E-state index < -0.39 is 0 Å². The monoisotopic (exact) mass is 406 g/mol. The molecule has 0 saturated carbocycles. The molecule has 7 heteroatoms. The van der Waals surface area contributed by atoms with Crippen molar-refractivity contribution in [2.24, 2.45) is 0 Å². The van der Waals surface area contributed by atoms with Gasteiger partial charge in [0.25, 0.3) is 5.91 Å². The predicted molar refractivity (Wildman–Crippen MR) is 111 cm³/mol. The summed E-state index contributed by atoms with van der Waals surface area (Å²) in [5.41, 5.74) is 1.58. The number of halogens is 1. The van der Waals surface area contributed by atoms with Gasteiger partial charge in [0.2, 0.25) is 0 Å². The minimum Gasteiger partial charge on any atom is -0.496 e. The Kier molecular flexibility index (Phi) is 7.96. The van der Waals surface area contributed by atoms with Gasteiger partial charge in [0.1, 0.15) is 5.75 Å². The van der Waals surface area contributed by atoms with Crippen molar-refractivity contribution in [1.29, 1.82) is 0 Å². The molecular formula is C21H27ClN2O4. The second kappa shape index (κ2) is 10.2. The van der Waals surface area contributed by atoms with Crippen LogP contribution in [0.5, 0.6) is 17.2 Å². The molecule has 1 aliphatic heterocycles. The molecule has 0 spiro atoms. The highest BCUT2D eigenvalue weighted by atomic mass is 35.5. The zero-order valence-corrected chi connectivity index (χ0v) is 17.3. The fourth-order valence-corrected chi connectivity index (χ4v) is 3.41. The van der Waals surface area contributed by atoms with Crippen LogP contribution < -0.4 is 19.5 Å². The van der Waals surface area contributed by atoms with Crippen molar-refractivity contribution in [2.45, 2.75) is 13.0 Å². The number of carbonyl (C=O) groups is 1. The van der Waals surface area contributed by atoms with Crippen molar-refractivity contribution in [1.82, 2.24) is 10.2 Å². The average Bonchev–Trinajstić information content (AvgIpc) is 2.73. The van der Waals surface area contributed by atoms with Crippen LogP contribution in [-0.4, -0.2) is 51.3 Å². The maximum absolute atomic E-state index is 13.3. The smallest absolute Gasteiger partial charge is 0.254 e. The molecule has 2 aromatic rings. The average molecular weight is 407 g/mol. The number of nitrogens with zero attached hydrogens (tertiary/aromatic N) is 1. The van der Waals surface area contributed by atoms with Crippen LogP contribution in [-0.2, 0) is 0 Å². The number of para-hydroxylation sites is 1. The van der Waals surface area contributed by atoms with Crippen molar-refractivity contribution in [2.75, 3.05) is 40.5 Å². The first-order valence-corrected chi connectivity index (χ1v) is 9.15. The van der Waals surface area contributed by atoms with E-state index in [9.17, 15) is 4.79 Å². The van der Waals surface area contributed by atoms with Crippen LogP contribution >= 0.6 is 12.4 Å². The third-order valence-corrected chi connectivity index (χ3v) is 4.71. The molecule has 1 heterocycles. The summed E-state index contributed by atoms with van der Waals surface area (Å²) in [6.45, 7) is 4.51. The molecule has 152 valence electrons. The van der Waals surface area contributed by atoms with Gasteiger partial charge in [-0.2, -0.15) is 0 Å². The zero-order valence-electron chi connectivity index (χ0n) is 16.4. The van der Waals surface area contributed by atoms with E-state index in [1.54, 1.807) is 32.4 Å². The molecule has 1 N–H and O–H groups in total. The fourth-order valence-electron chi connectivity index (χ4n) is 3.41. The van der Waals surface area contributed by atoms with Crippen molar-refractivity contribution in [3.8, 4) is 17.2 Å². The number of hydrogen-bond acceptors (Lipinski definition) is 5. The maximum Gasteiger partial charge on any atom is 0.254 e. The summed E-state index contributed by atoms with van der Waals surface area (Å²) in [6, 6.07) is 13.1. The van der Waals surface area contributed by atoms with Gasteiger partial charge in [0.05, 0.1) is 26.9 Å².